The Kier molecular flexibility index (Phi) is 6.31. The van der Waals surface area contributed by atoms with Crippen molar-refractivity contribution in [3.8, 4) is 0 Å². The van der Waals surface area contributed by atoms with Crippen LogP contribution in [0.25, 0.3) is 0 Å². The van der Waals surface area contributed by atoms with Gasteiger partial charge >= 0.3 is 0 Å². The molecule has 0 radical (unpaired) electrons. The third kappa shape index (κ3) is 5.01. The predicted octanol–water partition coefficient (Wildman–Crippen LogP) is 1.38. The van der Waals surface area contributed by atoms with Gasteiger partial charge in [-0.25, -0.2) is 4.98 Å². The molecular weight excluding hydrogens is 300 g/mol. The van der Waals surface area contributed by atoms with Crippen molar-refractivity contribution in [1.29, 1.82) is 0 Å². The summed E-state index contributed by atoms with van der Waals surface area (Å²) < 4.78 is 0. The highest BCUT2D eigenvalue weighted by molar-refractivity contribution is 7.13. The molecule has 1 saturated heterocycles. The predicted molar refractivity (Wildman–Crippen MR) is 89.0 cm³/mol. The molecule has 22 heavy (non-hydrogen) atoms. The molecule has 0 aromatic carbocycles. The number of carbonyl (C=O) groups excluding carboxylic acids is 1. The molecule has 0 bridgehead atoms. The van der Waals surface area contributed by atoms with Crippen molar-refractivity contribution in [2.24, 2.45) is 0 Å². The Labute approximate surface area is 136 Å². The van der Waals surface area contributed by atoms with E-state index in [1.54, 1.807) is 0 Å². The summed E-state index contributed by atoms with van der Waals surface area (Å²) in [4.78, 5) is 20.3. The minimum atomic E-state index is -0.278. The van der Waals surface area contributed by atoms with Gasteiger partial charge in [0.2, 0.25) is 5.91 Å². The Morgan fingerprint density at radius 3 is 3.00 bits per heavy atom. The number of aromatic nitrogens is 1. The van der Waals surface area contributed by atoms with Gasteiger partial charge < -0.3 is 10.4 Å². The van der Waals surface area contributed by atoms with E-state index < -0.39 is 0 Å². The maximum Gasteiger partial charge on any atom is 0.223 e. The number of aliphatic hydroxyl groups is 1. The molecule has 2 heterocycles. The van der Waals surface area contributed by atoms with E-state index in [-0.39, 0.29) is 12.0 Å². The Morgan fingerprint density at radius 1 is 1.59 bits per heavy atom. The molecular formula is C15H26N4O2S. The minimum absolute atomic E-state index is 0.0846. The minimum Gasteiger partial charge on any atom is -0.392 e. The molecule has 2 N–H and O–H groups in total. The largest absolute Gasteiger partial charge is 0.392 e. The summed E-state index contributed by atoms with van der Waals surface area (Å²) in [7, 11) is 0. The fraction of sp³-hybridized carbons (Fsp3) is 0.733. The van der Waals surface area contributed by atoms with Crippen LogP contribution in [0.3, 0.4) is 0 Å². The monoisotopic (exact) mass is 326 g/mol. The first-order chi connectivity index (χ1) is 10.5. The lowest BCUT2D eigenvalue weighted by Crippen LogP contribution is -2.54. The van der Waals surface area contributed by atoms with Gasteiger partial charge in [0, 0.05) is 51.1 Å². The Hall–Kier alpha value is -1.02. The zero-order valence-corrected chi connectivity index (χ0v) is 14.4. The second-order valence-corrected chi connectivity index (χ2v) is 6.82. The lowest BCUT2D eigenvalue weighted by atomic mass is 10.1. The van der Waals surface area contributed by atoms with E-state index in [0.29, 0.717) is 11.2 Å². The molecule has 0 aliphatic carbocycles. The van der Waals surface area contributed by atoms with E-state index in [9.17, 15) is 9.90 Å². The van der Waals surface area contributed by atoms with Crippen molar-refractivity contribution >= 4 is 22.4 Å². The zero-order chi connectivity index (χ0) is 16.1. The number of anilines is 1. The summed E-state index contributed by atoms with van der Waals surface area (Å²) in [5.41, 5.74) is 1.01. The highest BCUT2D eigenvalue weighted by Crippen LogP contribution is 2.19. The molecule has 124 valence electrons. The van der Waals surface area contributed by atoms with Crippen molar-refractivity contribution in [3.05, 3.63) is 11.1 Å². The molecule has 1 aliphatic heterocycles. The van der Waals surface area contributed by atoms with Crippen LogP contribution in [0.2, 0.25) is 0 Å². The molecule has 1 fully saturated rings. The first-order valence-corrected chi connectivity index (χ1v) is 8.72. The van der Waals surface area contributed by atoms with Crippen molar-refractivity contribution in [3.63, 3.8) is 0 Å². The number of nitrogens with zero attached hydrogens (tertiary/aromatic N) is 3. The Bertz CT molecular complexity index is 492. The number of β-amino-alcohol motifs (C(OH)–C–C–N with tert-alkyl or cyclic N) is 1. The number of thiazole rings is 1. The first-order valence-electron chi connectivity index (χ1n) is 7.84. The molecule has 2 rings (SSSR count). The number of rotatable bonds is 6. The van der Waals surface area contributed by atoms with Crippen LogP contribution in [-0.4, -0.2) is 64.1 Å². The summed E-state index contributed by atoms with van der Waals surface area (Å²) in [5.74, 6) is -0.0846. The maximum absolute atomic E-state index is 11.0. The molecule has 2 atom stereocenters. The molecule has 0 unspecified atom stereocenters. The zero-order valence-electron chi connectivity index (χ0n) is 13.6. The normalized spacial score (nSPS) is 21.7. The number of aliphatic hydroxyl groups excluding tert-OH is 1. The highest BCUT2D eigenvalue weighted by atomic mass is 32.1. The van der Waals surface area contributed by atoms with E-state index in [2.05, 4.69) is 27.0 Å². The van der Waals surface area contributed by atoms with Gasteiger partial charge in [-0.05, 0) is 13.3 Å². The van der Waals surface area contributed by atoms with Gasteiger partial charge in [-0.1, -0.05) is 6.92 Å². The number of amides is 1. The van der Waals surface area contributed by atoms with Crippen molar-refractivity contribution < 1.29 is 9.90 Å². The first kappa shape index (κ1) is 17.3. The number of hydrogen-bond acceptors (Lipinski definition) is 6. The summed E-state index contributed by atoms with van der Waals surface area (Å²) in [6.45, 7) is 10.1. The van der Waals surface area contributed by atoms with Crippen LogP contribution in [0, 0.1) is 0 Å². The quantitative estimate of drug-likeness (QED) is 0.826. The van der Waals surface area contributed by atoms with E-state index in [1.807, 2.05) is 12.3 Å². The number of carbonyl (C=O) groups is 1. The van der Waals surface area contributed by atoms with E-state index in [0.717, 1.165) is 44.8 Å². The summed E-state index contributed by atoms with van der Waals surface area (Å²) in [6.07, 6.45) is 0.802. The number of hydrogen-bond donors (Lipinski definition) is 2. The molecule has 0 spiro atoms. The standard InChI is InChI=1S/C15H26N4O2S/c1-4-14-9-18(5-6-19(14)7-11(2)20)8-13-10-22-15(17-13)16-12(3)21/h10-11,14,20H,4-9H2,1-3H3,(H,16,17,21)/t11-,14+/m1/s1. The van der Waals surface area contributed by atoms with Crippen LogP contribution in [-0.2, 0) is 11.3 Å². The molecule has 1 aromatic rings. The Balaban J connectivity index is 1.89. The number of piperazine rings is 1. The van der Waals surface area contributed by atoms with Gasteiger partial charge in [-0.15, -0.1) is 11.3 Å². The van der Waals surface area contributed by atoms with Gasteiger partial charge in [0.05, 0.1) is 11.8 Å². The van der Waals surface area contributed by atoms with Crippen molar-refractivity contribution in [2.45, 2.75) is 45.9 Å². The highest BCUT2D eigenvalue weighted by Gasteiger charge is 2.26. The maximum atomic E-state index is 11.0. The molecule has 1 aromatic heterocycles. The van der Waals surface area contributed by atoms with Gasteiger partial charge in [-0.3, -0.25) is 14.6 Å². The lowest BCUT2D eigenvalue weighted by Gasteiger charge is -2.41. The molecule has 1 amide bonds. The smallest absolute Gasteiger partial charge is 0.223 e. The van der Waals surface area contributed by atoms with Crippen molar-refractivity contribution in [2.75, 3.05) is 31.5 Å². The summed E-state index contributed by atoms with van der Waals surface area (Å²) in [6, 6.07) is 0.483. The summed E-state index contributed by atoms with van der Waals surface area (Å²) >= 11 is 1.47. The van der Waals surface area contributed by atoms with Gasteiger partial charge in [-0.2, -0.15) is 0 Å². The summed E-state index contributed by atoms with van der Waals surface area (Å²) in [5, 5.41) is 15.0. The van der Waals surface area contributed by atoms with Gasteiger partial charge in [0.15, 0.2) is 5.13 Å². The third-order valence-electron chi connectivity index (χ3n) is 3.88. The van der Waals surface area contributed by atoms with Crippen LogP contribution in [0.1, 0.15) is 32.9 Å². The second-order valence-electron chi connectivity index (χ2n) is 5.97. The second kappa shape index (κ2) is 8.01. The topological polar surface area (TPSA) is 68.7 Å². The fourth-order valence-corrected chi connectivity index (χ4v) is 3.63. The van der Waals surface area contributed by atoms with E-state index >= 15 is 0 Å². The average Bonchev–Trinajstić information content (AvgIpc) is 2.86. The van der Waals surface area contributed by atoms with Gasteiger partial charge in [0.1, 0.15) is 0 Å². The van der Waals surface area contributed by atoms with Crippen LogP contribution in [0.5, 0.6) is 0 Å². The fourth-order valence-electron chi connectivity index (χ4n) is 2.88. The van der Waals surface area contributed by atoms with Crippen LogP contribution < -0.4 is 5.32 Å². The molecule has 6 nitrogen and oxygen atoms in total. The lowest BCUT2D eigenvalue weighted by molar-refractivity contribution is -0.114. The van der Waals surface area contributed by atoms with E-state index in [4.69, 9.17) is 0 Å². The number of nitrogens with one attached hydrogen (secondary N) is 1. The molecule has 0 saturated carbocycles. The van der Waals surface area contributed by atoms with Crippen molar-refractivity contribution in [1.82, 2.24) is 14.8 Å². The van der Waals surface area contributed by atoms with Crippen LogP contribution in [0.4, 0.5) is 5.13 Å². The molecule has 1 aliphatic rings. The van der Waals surface area contributed by atoms with E-state index in [1.165, 1.54) is 18.3 Å². The molecule has 7 heteroatoms. The van der Waals surface area contributed by atoms with Crippen LogP contribution >= 0.6 is 11.3 Å². The SMILES string of the molecule is CC[C@H]1CN(Cc2csc(NC(C)=O)n2)CCN1C[C@@H](C)O. The third-order valence-corrected chi connectivity index (χ3v) is 4.69. The van der Waals surface area contributed by atoms with Crippen LogP contribution in [0.15, 0.2) is 5.38 Å². The van der Waals surface area contributed by atoms with Gasteiger partial charge in [0.25, 0.3) is 0 Å². The Morgan fingerprint density at radius 2 is 2.36 bits per heavy atom. The average molecular weight is 326 g/mol.